The highest BCUT2D eigenvalue weighted by atomic mass is 32.1. The van der Waals surface area contributed by atoms with Crippen molar-refractivity contribution in [1.82, 2.24) is 9.30 Å². The molecule has 8 heteroatoms. The summed E-state index contributed by atoms with van der Waals surface area (Å²) < 4.78 is 9.08. The predicted octanol–water partition coefficient (Wildman–Crippen LogP) is 2.99. The average Bonchev–Trinajstić information content (AvgIpc) is 3.51. The molecular formula is C26H28BN5OS. The second kappa shape index (κ2) is 8.81. The Kier molecular flexibility index (Phi) is 5.82. The van der Waals surface area contributed by atoms with Crippen LogP contribution in [0.3, 0.4) is 0 Å². The van der Waals surface area contributed by atoms with Crippen LogP contribution in [0.15, 0.2) is 40.8 Å². The molecule has 2 saturated heterocycles. The lowest BCUT2D eigenvalue weighted by atomic mass is 9.49. The SMILES string of the molecule is C=C(OCC)c1c(=C)c(=C)/c(=N\C(=NC)N2CC3CB(C#N)CC3C2)n2c1sc1ccccc12. The zero-order valence-corrected chi connectivity index (χ0v) is 20.6. The summed E-state index contributed by atoms with van der Waals surface area (Å²) in [7, 11) is 1.79. The Balaban J connectivity index is 1.70. The number of guanidine groups is 1. The second-order valence-electron chi connectivity index (χ2n) is 9.08. The minimum absolute atomic E-state index is 0.189. The largest absolute Gasteiger partial charge is 0.494 e. The van der Waals surface area contributed by atoms with Gasteiger partial charge in [0.15, 0.2) is 0 Å². The number of ether oxygens (including phenoxy) is 1. The van der Waals surface area contributed by atoms with Gasteiger partial charge in [0, 0.05) is 31.3 Å². The van der Waals surface area contributed by atoms with E-state index in [1.807, 2.05) is 19.1 Å². The number of aromatic nitrogens is 1. The van der Waals surface area contributed by atoms with Crippen LogP contribution in [0.25, 0.3) is 34.0 Å². The minimum atomic E-state index is 0.189. The van der Waals surface area contributed by atoms with Gasteiger partial charge in [-0.1, -0.05) is 44.5 Å². The summed E-state index contributed by atoms with van der Waals surface area (Å²) in [5.74, 6) is 4.82. The smallest absolute Gasteiger partial charge is 0.268 e. The fourth-order valence-corrected chi connectivity index (χ4v) is 6.72. The monoisotopic (exact) mass is 469 g/mol. The molecule has 2 atom stereocenters. The number of benzene rings is 1. The van der Waals surface area contributed by atoms with Crippen molar-refractivity contribution in [3.63, 3.8) is 0 Å². The molecule has 2 fully saturated rings. The molecule has 0 N–H and O–H groups in total. The topological polar surface area (TPSA) is 65.4 Å². The van der Waals surface area contributed by atoms with Gasteiger partial charge in [0.2, 0.25) is 5.96 Å². The third-order valence-corrected chi connectivity index (χ3v) is 8.24. The molecule has 5 rings (SSSR count). The van der Waals surface area contributed by atoms with E-state index in [1.165, 1.54) is 0 Å². The summed E-state index contributed by atoms with van der Waals surface area (Å²) in [5, 5.41) is 10.8. The van der Waals surface area contributed by atoms with Gasteiger partial charge in [0.25, 0.3) is 6.71 Å². The number of hydrogen-bond acceptors (Lipinski definition) is 4. The van der Waals surface area contributed by atoms with Gasteiger partial charge >= 0.3 is 0 Å². The van der Waals surface area contributed by atoms with Crippen LogP contribution in [0.4, 0.5) is 0 Å². The molecule has 1 aromatic carbocycles. The molecule has 0 spiro atoms. The maximum Gasteiger partial charge on any atom is 0.268 e. The summed E-state index contributed by atoms with van der Waals surface area (Å²) >= 11 is 1.67. The van der Waals surface area contributed by atoms with Crippen LogP contribution in [-0.4, -0.2) is 48.7 Å². The van der Waals surface area contributed by atoms with Crippen molar-refractivity contribution in [1.29, 1.82) is 5.26 Å². The van der Waals surface area contributed by atoms with E-state index < -0.39 is 0 Å². The highest BCUT2D eigenvalue weighted by molar-refractivity contribution is 7.24. The molecule has 2 aliphatic heterocycles. The fraction of sp³-hybridized carbons (Fsp3) is 0.346. The van der Waals surface area contributed by atoms with E-state index in [0.29, 0.717) is 30.2 Å². The Morgan fingerprint density at radius 2 is 1.94 bits per heavy atom. The number of nitrogens with zero attached hydrogens (tertiary/aromatic N) is 5. The zero-order chi connectivity index (χ0) is 24.0. The molecule has 4 heterocycles. The first-order valence-corrected chi connectivity index (χ1v) is 12.5. The number of para-hydroxylation sites is 1. The molecule has 34 heavy (non-hydrogen) atoms. The highest BCUT2D eigenvalue weighted by Gasteiger charge is 2.43. The van der Waals surface area contributed by atoms with E-state index in [4.69, 9.17) is 9.73 Å². The molecule has 6 nitrogen and oxygen atoms in total. The number of nitriles is 1. The summed E-state index contributed by atoms with van der Waals surface area (Å²) in [5.41, 5.74) is 2.67. The lowest BCUT2D eigenvalue weighted by Crippen LogP contribution is -2.45. The van der Waals surface area contributed by atoms with Gasteiger partial charge in [-0.2, -0.15) is 4.99 Å². The molecule has 2 unspecified atom stereocenters. The van der Waals surface area contributed by atoms with Crippen LogP contribution < -0.4 is 15.9 Å². The molecule has 2 aromatic heterocycles. The van der Waals surface area contributed by atoms with E-state index in [-0.39, 0.29) is 6.71 Å². The van der Waals surface area contributed by atoms with E-state index in [0.717, 1.165) is 62.3 Å². The van der Waals surface area contributed by atoms with Crippen molar-refractivity contribution in [2.75, 3.05) is 26.7 Å². The van der Waals surface area contributed by atoms with E-state index in [9.17, 15) is 5.26 Å². The molecular weight excluding hydrogens is 441 g/mol. The summed E-state index contributed by atoms with van der Waals surface area (Å²) in [6, 6.07) is 8.28. The quantitative estimate of drug-likeness (QED) is 0.257. The number of likely N-dealkylation sites (tertiary alicyclic amines) is 1. The Hall–Kier alpha value is -3.31. The standard InChI is InChI=1S/C26H28BN5OS/c1-6-33-18(4)23-16(2)17(3)24(32-21-9-7-8-10-22(21)34-25(23)32)30-26(29-5)31-13-19-11-27(15-28)12-20(19)14-31/h7-10,19-20H,2-4,6,11-14H2,1,5H3/b29-26?,30-24+. The van der Waals surface area contributed by atoms with Crippen LogP contribution in [0.2, 0.25) is 12.6 Å². The van der Waals surface area contributed by atoms with E-state index in [2.05, 4.69) is 52.1 Å². The van der Waals surface area contributed by atoms with Crippen LogP contribution in [0.5, 0.6) is 0 Å². The van der Waals surface area contributed by atoms with Gasteiger partial charge in [-0.15, -0.1) is 11.3 Å². The van der Waals surface area contributed by atoms with Crippen molar-refractivity contribution in [2.24, 2.45) is 21.8 Å². The minimum Gasteiger partial charge on any atom is -0.494 e. The van der Waals surface area contributed by atoms with Gasteiger partial charge in [-0.25, -0.2) is 5.26 Å². The van der Waals surface area contributed by atoms with Crippen molar-refractivity contribution >= 4 is 58.0 Å². The third-order valence-electron chi connectivity index (χ3n) is 7.10. The Labute approximate surface area is 203 Å². The van der Waals surface area contributed by atoms with Crippen molar-refractivity contribution in [3.8, 4) is 5.97 Å². The predicted molar refractivity (Wildman–Crippen MR) is 142 cm³/mol. The van der Waals surface area contributed by atoms with Crippen molar-refractivity contribution < 1.29 is 4.74 Å². The van der Waals surface area contributed by atoms with Gasteiger partial charge in [-0.3, -0.25) is 9.39 Å². The maximum absolute atomic E-state index is 9.32. The van der Waals surface area contributed by atoms with Crippen molar-refractivity contribution in [3.05, 3.63) is 52.3 Å². The average molecular weight is 469 g/mol. The zero-order valence-electron chi connectivity index (χ0n) is 19.8. The third kappa shape index (κ3) is 3.55. The Morgan fingerprint density at radius 3 is 2.59 bits per heavy atom. The summed E-state index contributed by atoms with van der Waals surface area (Å²) in [4.78, 5) is 12.9. The first-order chi connectivity index (χ1) is 16.5. The van der Waals surface area contributed by atoms with Crippen molar-refractivity contribution in [2.45, 2.75) is 19.6 Å². The second-order valence-corrected chi connectivity index (χ2v) is 10.1. The molecule has 0 radical (unpaired) electrons. The first kappa shape index (κ1) is 22.5. The van der Waals surface area contributed by atoms with Gasteiger partial charge in [0.1, 0.15) is 16.1 Å². The molecule has 0 amide bonds. The lowest BCUT2D eigenvalue weighted by Gasteiger charge is -2.18. The van der Waals surface area contributed by atoms with E-state index >= 15 is 0 Å². The van der Waals surface area contributed by atoms with Gasteiger partial charge in [0.05, 0.1) is 22.4 Å². The molecule has 0 saturated carbocycles. The highest BCUT2D eigenvalue weighted by Crippen LogP contribution is 2.39. The molecule has 3 aromatic rings. The first-order valence-electron chi connectivity index (χ1n) is 11.7. The number of pyridine rings is 1. The number of fused-ring (bicyclic) bond motifs is 4. The number of thiazole rings is 1. The maximum atomic E-state index is 9.32. The van der Waals surface area contributed by atoms with Crippen LogP contribution in [0, 0.1) is 23.1 Å². The van der Waals surface area contributed by atoms with E-state index in [1.54, 1.807) is 18.4 Å². The number of rotatable bonds is 3. The lowest BCUT2D eigenvalue weighted by molar-refractivity contribution is 0.299. The van der Waals surface area contributed by atoms with Gasteiger partial charge in [-0.05, 0) is 36.1 Å². The molecule has 0 aliphatic carbocycles. The van der Waals surface area contributed by atoms with Crippen LogP contribution >= 0.6 is 11.3 Å². The molecule has 0 bridgehead atoms. The fourth-order valence-electron chi connectivity index (χ4n) is 5.49. The number of aliphatic imine (C=N–C) groups is 1. The van der Waals surface area contributed by atoms with Crippen LogP contribution in [-0.2, 0) is 4.74 Å². The Morgan fingerprint density at radius 1 is 1.24 bits per heavy atom. The molecule has 172 valence electrons. The van der Waals surface area contributed by atoms with Crippen LogP contribution in [0.1, 0.15) is 12.5 Å². The number of hydrogen-bond donors (Lipinski definition) is 0. The molecule has 2 aliphatic rings. The van der Waals surface area contributed by atoms with Gasteiger partial charge < -0.3 is 9.64 Å². The summed E-state index contributed by atoms with van der Waals surface area (Å²) in [6.45, 7) is 17.3. The Bertz CT molecular complexity index is 1530. The normalized spacial score (nSPS) is 20.9. The summed E-state index contributed by atoms with van der Waals surface area (Å²) in [6.07, 6.45) is 1.95.